The van der Waals surface area contributed by atoms with Crippen molar-refractivity contribution in [2.75, 3.05) is 26.7 Å². The van der Waals surface area contributed by atoms with E-state index in [-0.39, 0.29) is 18.3 Å². The zero-order valence-electron chi connectivity index (χ0n) is 15.5. The van der Waals surface area contributed by atoms with E-state index in [1.54, 1.807) is 0 Å². The fourth-order valence-electron chi connectivity index (χ4n) is 4.41. The first-order valence-electron chi connectivity index (χ1n) is 9.69. The summed E-state index contributed by atoms with van der Waals surface area (Å²) in [5.41, 5.74) is 1.36. The molecule has 0 spiro atoms. The van der Waals surface area contributed by atoms with Crippen LogP contribution >= 0.6 is 12.4 Å². The summed E-state index contributed by atoms with van der Waals surface area (Å²) in [5, 5.41) is 5.83. The molecule has 4 heteroatoms. The third kappa shape index (κ3) is 3.89. The zero-order chi connectivity index (χ0) is 17.2. The zero-order valence-corrected chi connectivity index (χ0v) is 16.3. The molecule has 3 nitrogen and oxygen atoms in total. The van der Waals surface area contributed by atoms with Crippen LogP contribution in [0.3, 0.4) is 0 Å². The number of rotatable bonds is 5. The van der Waals surface area contributed by atoms with E-state index in [1.165, 1.54) is 35.6 Å². The van der Waals surface area contributed by atoms with Crippen molar-refractivity contribution < 1.29 is 4.79 Å². The van der Waals surface area contributed by atoms with E-state index in [0.29, 0.717) is 11.8 Å². The van der Waals surface area contributed by atoms with Crippen LogP contribution in [0.4, 0.5) is 0 Å². The predicted molar refractivity (Wildman–Crippen MR) is 110 cm³/mol. The van der Waals surface area contributed by atoms with Crippen LogP contribution in [0, 0.1) is 11.8 Å². The number of nitrogens with one attached hydrogen (secondary N) is 1. The summed E-state index contributed by atoms with van der Waals surface area (Å²) in [6, 6.07) is 15.0. The van der Waals surface area contributed by atoms with Gasteiger partial charge in [0.2, 0.25) is 5.91 Å². The average molecular weight is 373 g/mol. The lowest BCUT2D eigenvalue weighted by Gasteiger charge is -2.32. The van der Waals surface area contributed by atoms with E-state index >= 15 is 0 Å². The van der Waals surface area contributed by atoms with Crippen molar-refractivity contribution in [1.82, 2.24) is 10.2 Å². The average Bonchev–Trinajstić information content (AvgIpc) is 3.46. The van der Waals surface area contributed by atoms with Gasteiger partial charge in [0.15, 0.2) is 0 Å². The molecule has 1 aliphatic carbocycles. The Morgan fingerprint density at radius 3 is 2.62 bits per heavy atom. The molecule has 0 radical (unpaired) electrons. The minimum Gasteiger partial charge on any atom is -0.342 e. The van der Waals surface area contributed by atoms with Crippen LogP contribution in [0.5, 0.6) is 0 Å². The second kappa shape index (κ2) is 8.41. The molecule has 2 atom stereocenters. The molecule has 1 saturated carbocycles. The van der Waals surface area contributed by atoms with Crippen molar-refractivity contribution in [3.8, 4) is 0 Å². The maximum Gasteiger partial charge on any atom is 0.226 e. The molecule has 2 fully saturated rings. The van der Waals surface area contributed by atoms with Crippen LogP contribution in [0.1, 0.15) is 37.2 Å². The molecule has 1 aliphatic heterocycles. The van der Waals surface area contributed by atoms with Crippen LogP contribution in [-0.2, 0) is 4.79 Å². The summed E-state index contributed by atoms with van der Waals surface area (Å²) in [4.78, 5) is 15.0. The highest BCUT2D eigenvalue weighted by Gasteiger charge is 2.46. The molecular weight excluding hydrogens is 344 g/mol. The lowest BCUT2D eigenvalue weighted by Crippen LogP contribution is -2.40. The molecular formula is C22H29ClN2O. The fraction of sp³-hybridized carbons (Fsp3) is 0.500. The number of likely N-dealkylation sites (tertiary alicyclic amines) is 1. The van der Waals surface area contributed by atoms with Crippen LogP contribution in [-0.4, -0.2) is 37.5 Å². The van der Waals surface area contributed by atoms with Crippen molar-refractivity contribution in [3.63, 3.8) is 0 Å². The number of carbonyl (C=O) groups excluding carboxylic acids is 1. The first-order valence-corrected chi connectivity index (χ1v) is 9.69. The SMILES string of the molecule is CNCCC1CCN(C(=O)C2CC2c2cccc3ccccc23)CC1.Cl. The molecule has 1 heterocycles. The quantitative estimate of drug-likeness (QED) is 0.852. The second-order valence-electron chi connectivity index (χ2n) is 7.68. The third-order valence-corrected chi connectivity index (χ3v) is 6.06. The van der Waals surface area contributed by atoms with Gasteiger partial charge in [-0.1, -0.05) is 42.5 Å². The molecule has 1 N–H and O–H groups in total. The number of piperidine rings is 1. The smallest absolute Gasteiger partial charge is 0.226 e. The summed E-state index contributed by atoms with van der Waals surface area (Å²) in [7, 11) is 2.01. The van der Waals surface area contributed by atoms with Crippen LogP contribution in [0.2, 0.25) is 0 Å². The molecule has 140 valence electrons. The van der Waals surface area contributed by atoms with E-state index < -0.39 is 0 Å². The number of carbonyl (C=O) groups is 1. The van der Waals surface area contributed by atoms with Gasteiger partial charge in [-0.05, 0) is 67.4 Å². The summed E-state index contributed by atoms with van der Waals surface area (Å²) < 4.78 is 0. The molecule has 4 rings (SSSR count). The molecule has 2 unspecified atom stereocenters. The molecule has 1 saturated heterocycles. The molecule has 0 aromatic heterocycles. The van der Waals surface area contributed by atoms with Gasteiger partial charge >= 0.3 is 0 Å². The van der Waals surface area contributed by atoms with Gasteiger partial charge < -0.3 is 10.2 Å². The second-order valence-corrected chi connectivity index (χ2v) is 7.68. The number of hydrogen-bond acceptors (Lipinski definition) is 2. The van der Waals surface area contributed by atoms with Gasteiger partial charge in [-0.15, -0.1) is 12.4 Å². The Kier molecular flexibility index (Phi) is 6.20. The molecule has 26 heavy (non-hydrogen) atoms. The number of benzene rings is 2. The molecule has 2 aliphatic rings. The minimum atomic E-state index is 0. The van der Waals surface area contributed by atoms with Gasteiger partial charge in [0.1, 0.15) is 0 Å². The number of halogens is 1. The Labute approximate surface area is 162 Å². The normalized spacial score (nSPS) is 22.9. The topological polar surface area (TPSA) is 32.3 Å². The minimum absolute atomic E-state index is 0. The summed E-state index contributed by atoms with van der Waals surface area (Å²) in [6.45, 7) is 2.99. The largest absolute Gasteiger partial charge is 0.342 e. The summed E-state index contributed by atoms with van der Waals surface area (Å²) in [5.74, 6) is 1.80. The van der Waals surface area contributed by atoms with Crippen LogP contribution in [0.25, 0.3) is 10.8 Å². The monoisotopic (exact) mass is 372 g/mol. The Morgan fingerprint density at radius 1 is 1.12 bits per heavy atom. The number of nitrogens with zero attached hydrogens (tertiary/aromatic N) is 1. The van der Waals surface area contributed by atoms with Gasteiger partial charge in [-0.25, -0.2) is 0 Å². The van der Waals surface area contributed by atoms with Gasteiger partial charge in [-0.3, -0.25) is 4.79 Å². The van der Waals surface area contributed by atoms with E-state index in [9.17, 15) is 4.79 Å². The van der Waals surface area contributed by atoms with Gasteiger partial charge in [0.25, 0.3) is 0 Å². The molecule has 1 amide bonds. The Bertz CT molecular complexity index is 749. The van der Waals surface area contributed by atoms with Crippen molar-refractivity contribution in [2.24, 2.45) is 11.8 Å². The predicted octanol–water partition coefficient (Wildman–Crippen LogP) is 4.21. The van der Waals surface area contributed by atoms with Gasteiger partial charge in [-0.2, -0.15) is 0 Å². The number of amides is 1. The van der Waals surface area contributed by atoms with E-state index in [0.717, 1.165) is 32.0 Å². The highest BCUT2D eigenvalue weighted by atomic mass is 35.5. The first-order chi connectivity index (χ1) is 12.3. The number of hydrogen-bond donors (Lipinski definition) is 1. The Balaban J connectivity index is 0.00000196. The molecule has 2 aromatic carbocycles. The summed E-state index contributed by atoms with van der Waals surface area (Å²) >= 11 is 0. The van der Waals surface area contributed by atoms with Crippen LogP contribution < -0.4 is 5.32 Å². The maximum atomic E-state index is 12.9. The lowest BCUT2D eigenvalue weighted by molar-refractivity contribution is -0.134. The highest BCUT2D eigenvalue weighted by Crippen LogP contribution is 2.50. The Hall–Kier alpha value is -1.58. The van der Waals surface area contributed by atoms with Gasteiger partial charge in [0, 0.05) is 19.0 Å². The first kappa shape index (κ1) is 19.2. The van der Waals surface area contributed by atoms with Gasteiger partial charge in [0.05, 0.1) is 0 Å². The number of fused-ring (bicyclic) bond motifs is 1. The lowest BCUT2D eigenvalue weighted by atomic mass is 9.93. The fourth-order valence-corrected chi connectivity index (χ4v) is 4.41. The maximum absolute atomic E-state index is 12.9. The third-order valence-electron chi connectivity index (χ3n) is 6.06. The van der Waals surface area contributed by atoms with Crippen molar-refractivity contribution in [1.29, 1.82) is 0 Å². The Morgan fingerprint density at radius 2 is 1.85 bits per heavy atom. The van der Waals surface area contributed by atoms with Crippen molar-refractivity contribution >= 4 is 29.1 Å². The van der Waals surface area contributed by atoms with E-state index in [4.69, 9.17) is 0 Å². The summed E-state index contributed by atoms with van der Waals surface area (Å²) in [6.07, 6.45) is 4.59. The van der Waals surface area contributed by atoms with E-state index in [2.05, 4.69) is 52.7 Å². The van der Waals surface area contributed by atoms with Crippen LogP contribution in [0.15, 0.2) is 42.5 Å². The van der Waals surface area contributed by atoms with Crippen molar-refractivity contribution in [3.05, 3.63) is 48.0 Å². The standard InChI is InChI=1S/C22H28N2O.ClH/c1-23-12-9-16-10-13-24(14-11-16)22(25)21-15-20(21)19-8-4-6-17-5-2-3-7-18(17)19;/h2-8,16,20-21,23H,9-15H2,1H3;1H. The van der Waals surface area contributed by atoms with E-state index in [1.807, 2.05) is 7.05 Å². The highest BCUT2D eigenvalue weighted by molar-refractivity contribution is 5.89. The molecule has 0 bridgehead atoms. The molecule has 2 aromatic rings. The van der Waals surface area contributed by atoms with Crippen molar-refractivity contribution in [2.45, 2.75) is 31.6 Å².